The second-order valence-electron chi connectivity index (χ2n) is 24.6. The number of rotatable bonds is 15. The van der Waals surface area contributed by atoms with Gasteiger partial charge in [-0.3, -0.25) is 9.97 Å². The third-order valence-electron chi connectivity index (χ3n) is 15.2. The number of aliphatic hydroxyl groups is 3. The van der Waals surface area contributed by atoms with Crippen LogP contribution in [0.15, 0.2) is 189 Å². The number of hydrogen-bond acceptors (Lipinski definition) is 18. The number of nitrogens with zero attached hydrogens (tertiary/aromatic N) is 2. The van der Waals surface area contributed by atoms with Crippen LogP contribution in [0.3, 0.4) is 0 Å². The number of benzene rings is 5. The van der Waals surface area contributed by atoms with Crippen LogP contribution < -0.4 is 0 Å². The van der Waals surface area contributed by atoms with Crippen molar-refractivity contribution in [3.63, 3.8) is 0 Å². The van der Waals surface area contributed by atoms with E-state index in [1.54, 1.807) is 116 Å². The summed E-state index contributed by atoms with van der Waals surface area (Å²) in [5.74, 6) is 0.974. The lowest BCUT2D eigenvalue weighted by atomic mass is 9.87. The summed E-state index contributed by atoms with van der Waals surface area (Å²) in [5, 5.41) is 31.2. The van der Waals surface area contributed by atoms with Crippen LogP contribution in [0, 0.1) is 11.7 Å². The van der Waals surface area contributed by atoms with Crippen LogP contribution in [0.4, 0.5) is 4.39 Å². The molecule has 1 fully saturated rings. The molecule has 5 aromatic carbocycles. The SMILES string of the molecule is CC(C)OC1=C(c2ccc(S(C)(=O)=O)cc2)C(C)(C)OC1O.CC1(C)OC(O)C(OCC2CC2)=C1c1ccc(S(C)(=O)=O)cc1.CC1(C)OC(O)C(c2cccc(F)c2)=C1c1ccc(S(C)(=O)=O)cc1.CS(=O)(=O)c1ccc(-c2cc(Cl)cnc2-c2cccnc2)cc1. The average molecular weight is 1370 g/mol. The van der Waals surface area contributed by atoms with Crippen molar-refractivity contribution in [3.05, 3.63) is 203 Å². The second kappa shape index (κ2) is 28.1. The zero-order valence-electron chi connectivity index (χ0n) is 53.5. The Kier molecular flexibility index (Phi) is 21.7. The number of sulfone groups is 4. The summed E-state index contributed by atoms with van der Waals surface area (Å²) >= 11 is 6.08. The fourth-order valence-electron chi connectivity index (χ4n) is 10.8. The van der Waals surface area contributed by atoms with E-state index in [9.17, 15) is 53.4 Å². The smallest absolute Gasteiger partial charge is 0.215 e. The average Bonchev–Trinajstić information content (AvgIpc) is 1.65. The maximum absolute atomic E-state index is 13.6. The highest BCUT2D eigenvalue weighted by atomic mass is 35.5. The third-order valence-corrected chi connectivity index (χ3v) is 20.0. The van der Waals surface area contributed by atoms with Gasteiger partial charge in [-0.2, -0.15) is 0 Å². The predicted octanol–water partition coefficient (Wildman–Crippen LogP) is 11.8. The van der Waals surface area contributed by atoms with Crippen molar-refractivity contribution in [1.29, 1.82) is 0 Å². The van der Waals surface area contributed by atoms with Crippen molar-refractivity contribution in [2.75, 3.05) is 31.6 Å². The normalized spacial score (nSPS) is 19.3. The van der Waals surface area contributed by atoms with Gasteiger partial charge in [-0.05, 0) is 186 Å². The molecule has 1 aliphatic carbocycles. The molecule has 496 valence electrons. The number of pyridine rings is 2. The van der Waals surface area contributed by atoms with Gasteiger partial charge in [0.2, 0.25) is 12.6 Å². The summed E-state index contributed by atoms with van der Waals surface area (Å²) in [5.41, 5.74) is 6.52. The highest BCUT2D eigenvalue weighted by Gasteiger charge is 2.44. The number of aliphatic hydroxyl groups excluding tert-OH is 3. The van der Waals surface area contributed by atoms with Crippen LogP contribution in [-0.2, 0) is 63.0 Å². The molecule has 0 saturated heterocycles. The second-order valence-corrected chi connectivity index (χ2v) is 33.1. The van der Waals surface area contributed by atoms with Gasteiger partial charge in [-0.25, -0.2) is 38.1 Å². The van der Waals surface area contributed by atoms with Crippen LogP contribution in [-0.4, -0.2) is 132 Å². The predicted molar refractivity (Wildman–Crippen MR) is 355 cm³/mol. The highest BCUT2D eigenvalue weighted by Crippen LogP contribution is 2.47. The van der Waals surface area contributed by atoms with Gasteiger partial charge in [0.15, 0.2) is 57.2 Å². The summed E-state index contributed by atoms with van der Waals surface area (Å²) in [6.45, 7) is 15.3. The molecule has 1 saturated carbocycles. The Morgan fingerprint density at radius 1 is 0.527 bits per heavy atom. The zero-order chi connectivity index (χ0) is 68.4. The number of aromatic nitrogens is 2. The Morgan fingerprint density at radius 2 is 0.935 bits per heavy atom. The molecule has 0 spiro atoms. The molecule has 3 aliphatic heterocycles. The Hall–Kier alpha value is -7.00. The lowest BCUT2D eigenvalue weighted by molar-refractivity contribution is -0.131. The lowest BCUT2D eigenvalue weighted by Gasteiger charge is -2.22. The Balaban J connectivity index is 0.000000159. The van der Waals surface area contributed by atoms with Crippen LogP contribution >= 0.6 is 11.6 Å². The fraction of sp³-hybridized carbons (Fsp3) is 0.333. The Labute approximate surface area is 549 Å². The van der Waals surface area contributed by atoms with E-state index in [0.717, 1.165) is 63.8 Å². The van der Waals surface area contributed by atoms with Crippen LogP contribution in [0.1, 0.15) is 90.5 Å². The molecule has 3 N–H and O–H groups in total. The molecule has 7 aromatic rings. The first-order valence-electron chi connectivity index (χ1n) is 29.4. The third kappa shape index (κ3) is 17.9. The van der Waals surface area contributed by atoms with E-state index in [1.807, 2.05) is 73.6 Å². The molecule has 3 atom stereocenters. The van der Waals surface area contributed by atoms with Gasteiger partial charge in [-0.1, -0.05) is 72.3 Å². The molecule has 93 heavy (non-hydrogen) atoms. The summed E-state index contributed by atoms with van der Waals surface area (Å²) in [6.07, 6.45) is 8.49. The minimum atomic E-state index is -3.30. The van der Waals surface area contributed by atoms with E-state index in [-0.39, 0.29) is 25.7 Å². The van der Waals surface area contributed by atoms with Gasteiger partial charge in [0.1, 0.15) is 5.82 Å². The summed E-state index contributed by atoms with van der Waals surface area (Å²) in [4.78, 5) is 9.52. The van der Waals surface area contributed by atoms with Crippen molar-refractivity contribution in [1.82, 2.24) is 9.97 Å². The molecule has 18 nitrogen and oxygen atoms in total. The Bertz CT molecular complexity index is 4440. The fourth-order valence-corrected chi connectivity index (χ4v) is 13.5. The first kappa shape index (κ1) is 71.8. The lowest BCUT2D eigenvalue weighted by Crippen LogP contribution is -2.24. The molecule has 2 aromatic heterocycles. The van der Waals surface area contributed by atoms with Crippen molar-refractivity contribution >= 4 is 73.2 Å². The van der Waals surface area contributed by atoms with Gasteiger partial charge < -0.3 is 39.0 Å². The van der Waals surface area contributed by atoms with Crippen molar-refractivity contribution in [2.24, 2.45) is 5.92 Å². The summed E-state index contributed by atoms with van der Waals surface area (Å²) in [7, 11) is -13.0. The summed E-state index contributed by atoms with van der Waals surface area (Å²) in [6, 6.07) is 37.7. The molecule has 24 heteroatoms. The van der Waals surface area contributed by atoms with Crippen LogP contribution in [0.2, 0.25) is 5.02 Å². The quantitative estimate of drug-likeness (QED) is 0.0861. The molecule has 0 amide bonds. The maximum atomic E-state index is 13.6. The standard InChI is InChI=1S/C19H19FO4S.C17H13ClN2O2S.C17H22O5S.C16H22O5S/c1-19(2)17(12-7-9-15(10-8-12)25(3,22)23)16(18(21)24-19)13-5-4-6-14(20)11-13;1-23(21,22)15-6-4-12(5-7-15)16-9-14(18)11-20-17(16)13-3-2-8-19-10-13;1-17(2)14(12-6-8-13(9-7-12)23(3,19)20)15(16(18)22-17)21-10-11-4-5-11;1-10(2)20-14-13(16(3,4)21-15(14)17)11-6-8-12(9-7-11)22(5,18)19/h4-11,18,21H,1-3H3;2-11H,1H3;6-9,11,16,18H,4-5,10H2,1-3H3;6-10,15,17H,1-5H3. The Morgan fingerprint density at radius 3 is 1.35 bits per heavy atom. The van der Waals surface area contributed by atoms with Crippen LogP contribution in [0.5, 0.6) is 0 Å². The topological polar surface area (TPSA) is 269 Å². The zero-order valence-corrected chi connectivity index (χ0v) is 57.5. The molecule has 3 unspecified atom stereocenters. The first-order chi connectivity index (χ1) is 43.2. The molecule has 0 radical (unpaired) electrons. The van der Waals surface area contributed by atoms with Gasteiger partial charge in [0, 0.05) is 71.5 Å². The minimum Gasteiger partial charge on any atom is -0.492 e. The number of ether oxygens (including phenoxy) is 5. The van der Waals surface area contributed by atoms with Crippen molar-refractivity contribution < 1.29 is 77.1 Å². The van der Waals surface area contributed by atoms with Gasteiger partial charge in [-0.15, -0.1) is 0 Å². The molecule has 4 aliphatic rings. The largest absolute Gasteiger partial charge is 0.492 e. The number of hydrogen-bond donors (Lipinski definition) is 3. The van der Waals surface area contributed by atoms with E-state index in [1.165, 1.54) is 43.0 Å². The van der Waals surface area contributed by atoms with Gasteiger partial charge in [0.05, 0.1) is 59.8 Å². The maximum Gasteiger partial charge on any atom is 0.215 e. The van der Waals surface area contributed by atoms with E-state index < -0.39 is 80.8 Å². The van der Waals surface area contributed by atoms with E-state index in [4.69, 9.17) is 35.3 Å². The highest BCUT2D eigenvalue weighted by molar-refractivity contribution is 7.91. The monoisotopic (exact) mass is 1370 g/mol. The molecular formula is C69H76ClFN2O16S4. The van der Waals surface area contributed by atoms with E-state index in [2.05, 4.69) is 9.97 Å². The molecule has 0 bridgehead atoms. The minimum absolute atomic E-state index is 0.104. The van der Waals surface area contributed by atoms with Gasteiger partial charge >= 0.3 is 0 Å². The van der Waals surface area contributed by atoms with Crippen LogP contribution in [0.25, 0.3) is 44.7 Å². The van der Waals surface area contributed by atoms with Gasteiger partial charge in [0.25, 0.3) is 0 Å². The number of halogens is 2. The molecule has 5 heterocycles. The van der Waals surface area contributed by atoms with Crippen molar-refractivity contribution in [3.8, 4) is 22.4 Å². The van der Waals surface area contributed by atoms with E-state index in [0.29, 0.717) is 51.3 Å². The van der Waals surface area contributed by atoms with Crippen molar-refractivity contribution in [2.45, 2.75) is 130 Å². The molecular weight excluding hydrogens is 1300 g/mol. The van der Waals surface area contributed by atoms with E-state index >= 15 is 0 Å². The molecule has 11 rings (SSSR count). The first-order valence-corrected chi connectivity index (χ1v) is 37.3. The summed E-state index contributed by atoms with van der Waals surface area (Å²) < 4.78 is 135.